The minimum Gasteiger partial charge on any atom is -0.444 e. The molecule has 0 aliphatic carbocycles. The second-order valence-electron chi connectivity index (χ2n) is 23.7. The van der Waals surface area contributed by atoms with Crippen LogP contribution in [-0.4, -0.2) is 141 Å². The molecule has 0 spiro atoms. The molecular formula is C69H68ClN21O6. The summed E-state index contributed by atoms with van der Waals surface area (Å²) in [5.41, 5.74) is 24.5. The van der Waals surface area contributed by atoms with Crippen LogP contribution in [0, 0.1) is 11.8 Å². The number of amides is 2. The van der Waals surface area contributed by atoms with Crippen LogP contribution in [0.15, 0.2) is 165 Å². The highest BCUT2D eigenvalue weighted by Crippen LogP contribution is 2.38. The number of nitrogens with one attached hydrogen (secondary N) is 1. The Kier molecular flexibility index (Phi) is 19.3. The molecule has 0 bridgehead atoms. The van der Waals surface area contributed by atoms with Gasteiger partial charge in [-0.1, -0.05) is 60.5 Å². The van der Waals surface area contributed by atoms with Crippen LogP contribution in [0.1, 0.15) is 65.1 Å². The van der Waals surface area contributed by atoms with Crippen molar-refractivity contribution >= 4 is 75.0 Å². The fraction of sp³-hybridized carbons (Fsp3) is 0.246. The van der Waals surface area contributed by atoms with Crippen molar-refractivity contribution in [2.24, 2.45) is 0 Å². The summed E-state index contributed by atoms with van der Waals surface area (Å²) < 4.78 is 28.5. The van der Waals surface area contributed by atoms with E-state index in [-0.39, 0.29) is 42.5 Å². The van der Waals surface area contributed by atoms with E-state index in [4.69, 9.17) is 51.4 Å². The van der Waals surface area contributed by atoms with E-state index >= 15 is 0 Å². The third-order valence-electron chi connectivity index (χ3n) is 16.1. The summed E-state index contributed by atoms with van der Waals surface area (Å²) >= 11 is 0. The van der Waals surface area contributed by atoms with Crippen LogP contribution in [0.3, 0.4) is 0 Å². The van der Waals surface area contributed by atoms with Crippen LogP contribution >= 0.6 is 12.4 Å². The molecule has 27 nitrogen and oxygen atoms in total. The van der Waals surface area contributed by atoms with E-state index in [2.05, 4.69) is 62.0 Å². The first-order chi connectivity index (χ1) is 46.7. The first-order valence-corrected chi connectivity index (χ1v) is 31.2. The van der Waals surface area contributed by atoms with Gasteiger partial charge >= 0.3 is 6.09 Å². The summed E-state index contributed by atoms with van der Waals surface area (Å²) in [4.78, 5) is 67.3. The molecule has 3 aromatic carbocycles. The maximum Gasteiger partial charge on any atom is 0.410 e. The fourth-order valence-corrected chi connectivity index (χ4v) is 11.5. The number of nitrogen functional groups attached to an aromatic ring is 3. The maximum atomic E-state index is 12.6. The number of nitrogens with zero attached hydrogens (tertiary/aromatic N) is 17. The van der Waals surface area contributed by atoms with E-state index in [1.54, 1.807) is 47.4 Å². The lowest BCUT2D eigenvalue weighted by atomic mass is 10.1. The topological polar surface area (TPSA) is 337 Å². The molecule has 28 heteroatoms. The number of anilines is 3. The van der Waals surface area contributed by atoms with E-state index in [1.165, 1.54) is 19.0 Å². The van der Waals surface area contributed by atoms with Gasteiger partial charge in [0.2, 0.25) is 17.6 Å². The van der Waals surface area contributed by atoms with Crippen molar-refractivity contribution < 1.29 is 28.5 Å². The van der Waals surface area contributed by atoms with E-state index in [1.807, 2.05) is 150 Å². The standard InChI is InChI=1S/C25H27N7O3.C24H21N7O2.C20H19N7O.ClH/c1-25(2,3)35-24(33)31-12-11-17(14-31)32-23-20(22(26)28-15-29-23)21(30-32)16-9-10-19(27-13-16)34-18-7-5-4-6-8-18;1-2-6-20(32)30-12-11-17(14-30)31-24-21(23(25)27-15-28-24)22(29-31)16-9-10-19(26-13-16)33-18-7-4-3-5-8-18;21-19-17-18(26-27(14-8-9-22-11-14)20(17)25-12-24-19)13-6-7-16(23-10-13)28-15-4-2-1-3-5-15;/h4-10,13,15,17H,11-12,14H2,1-3H3,(H2,26,28,29);3-5,7-10,13,15,17H,11-12,14H2,1H3,(H2,25,27,28);1-7,10,12,14,22H,8-9,11H2,(H2,21,24,25);1H/t2*17-;14-;/m000./s1. The number of hydrogen-bond acceptors (Lipinski definition) is 22. The Bertz CT molecular complexity index is 4790. The molecule has 12 heterocycles. The number of benzene rings is 3. The zero-order valence-corrected chi connectivity index (χ0v) is 54.2. The molecule has 3 saturated heterocycles. The van der Waals surface area contributed by atoms with Gasteiger partial charge in [-0.3, -0.25) is 4.79 Å². The number of nitrogens with two attached hydrogens (primary N) is 3. The van der Waals surface area contributed by atoms with Crippen molar-refractivity contribution in [2.75, 3.05) is 56.5 Å². The molecule has 3 atom stereocenters. The summed E-state index contributed by atoms with van der Waals surface area (Å²) in [6, 6.07) is 39.7. The van der Waals surface area contributed by atoms with Gasteiger partial charge in [0.15, 0.2) is 16.9 Å². The number of hydrogen-bond donors (Lipinski definition) is 4. The number of pyridine rings is 3. The van der Waals surface area contributed by atoms with Gasteiger partial charge in [0.1, 0.15) is 76.4 Å². The Labute approximate surface area is 562 Å². The highest BCUT2D eigenvalue weighted by molar-refractivity contribution is 6.00. The Morgan fingerprint density at radius 3 is 1.23 bits per heavy atom. The molecule has 3 aliphatic rings. The van der Waals surface area contributed by atoms with Gasteiger partial charge in [0, 0.05) is 86.2 Å². The number of para-hydroxylation sites is 3. The van der Waals surface area contributed by atoms with Crippen molar-refractivity contribution in [3.63, 3.8) is 0 Å². The zero-order chi connectivity index (χ0) is 66.3. The molecule has 7 N–H and O–H groups in total. The number of carbonyl (C=O) groups excluding carboxylic acids is 2. The van der Waals surface area contributed by atoms with Gasteiger partial charge in [-0.2, -0.15) is 15.3 Å². The van der Waals surface area contributed by atoms with Crippen LogP contribution in [0.2, 0.25) is 0 Å². The second kappa shape index (κ2) is 28.8. The van der Waals surface area contributed by atoms with Gasteiger partial charge in [0.25, 0.3) is 5.91 Å². The average molecular weight is 1320 g/mol. The first kappa shape index (κ1) is 65.2. The number of halogens is 1. The van der Waals surface area contributed by atoms with Gasteiger partial charge in [-0.25, -0.2) is 63.7 Å². The molecular weight excluding hydrogens is 1250 g/mol. The maximum absolute atomic E-state index is 12.6. The molecule has 12 aromatic rings. The Morgan fingerprint density at radius 2 is 0.876 bits per heavy atom. The van der Waals surface area contributed by atoms with Crippen LogP contribution in [0.5, 0.6) is 34.9 Å². The molecule has 97 heavy (non-hydrogen) atoms. The number of likely N-dealkylation sites (tertiary alicyclic amines) is 2. The van der Waals surface area contributed by atoms with E-state index in [9.17, 15) is 9.59 Å². The fourth-order valence-electron chi connectivity index (χ4n) is 11.5. The monoisotopic (exact) mass is 1320 g/mol. The van der Waals surface area contributed by atoms with Crippen LogP contribution in [0.25, 0.3) is 66.9 Å². The summed E-state index contributed by atoms with van der Waals surface area (Å²) in [6.07, 6.45) is 11.6. The summed E-state index contributed by atoms with van der Waals surface area (Å²) in [7, 11) is 0. The lowest BCUT2D eigenvalue weighted by Crippen LogP contribution is -2.35. The molecule has 0 saturated carbocycles. The smallest absolute Gasteiger partial charge is 0.410 e. The third-order valence-corrected chi connectivity index (χ3v) is 16.1. The van der Waals surface area contributed by atoms with Crippen LogP contribution < -0.4 is 36.7 Å². The highest BCUT2D eigenvalue weighted by Gasteiger charge is 2.34. The van der Waals surface area contributed by atoms with Gasteiger partial charge < -0.3 is 51.3 Å². The minimum absolute atomic E-state index is 0. The van der Waals surface area contributed by atoms with Crippen molar-refractivity contribution in [3.05, 3.63) is 165 Å². The summed E-state index contributed by atoms with van der Waals surface area (Å²) in [5.74, 6) is 9.79. The molecule has 9 aromatic heterocycles. The number of aromatic nitrogens is 15. The van der Waals surface area contributed by atoms with Crippen molar-refractivity contribution in [2.45, 2.75) is 70.7 Å². The largest absolute Gasteiger partial charge is 0.444 e. The number of ether oxygens (including phenoxy) is 4. The van der Waals surface area contributed by atoms with Gasteiger partial charge in [-0.15, -0.1) is 12.4 Å². The Balaban J connectivity index is 0.000000139. The summed E-state index contributed by atoms with van der Waals surface area (Å²) in [5, 5.41) is 20.0. The normalized spacial score (nSPS) is 15.7. The molecule has 0 radical (unpaired) electrons. The second-order valence-corrected chi connectivity index (χ2v) is 23.7. The lowest BCUT2D eigenvalue weighted by molar-refractivity contribution is -0.124. The molecule has 492 valence electrons. The zero-order valence-electron chi connectivity index (χ0n) is 53.4. The predicted octanol–water partition coefficient (Wildman–Crippen LogP) is 10.7. The molecule has 15 rings (SSSR count). The number of carbonyl (C=O) groups is 2. The highest BCUT2D eigenvalue weighted by atomic mass is 35.5. The molecule has 3 fully saturated rings. The van der Waals surface area contributed by atoms with Crippen LogP contribution in [-0.2, 0) is 9.53 Å². The molecule has 0 unspecified atom stereocenters. The molecule has 3 aliphatic heterocycles. The van der Waals surface area contributed by atoms with Crippen molar-refractivity contribution in [1.82, 2.24) is 89.3 Å². The van der Waals surface area contributed by atoms with E-state index in [0.29, 0.717) is 106 Å². The summed E-state index contributed by atoms with van der Waals surface area (Å²) in [6.45, 7) is 11.2. The van der Waals surface area contributed by atoms with Crippen LogP contribution in [0.4, 0.5) is 22.2 Å². The van der Waals surface area contributed by atoms with E-state index < -0.39 is 5.60 Å². The third kappa shape index (κ3) is 14.6. The van der Waals surface area contributed by atoms with Crippen molar-refractivity contribution in [1.29, 1.82) is 0 Å². The first-order valence-electron chi connectivity index (χ1n) is 31.2. The lowest BCUT2D eigenvalue weighted by Gasteiger charge is -2.24. The van der Waals surface area contributed by atoms with Gasteiger partial charge in [-0.05, 0) is 114 Å². The number of fused-ring (bicyclic) bond motifs is 3. The predicted molar refractivity (Wildman–Crippen MR) is 367 cm³/mol. The molecule has 2 amide bonds. The van der Waals surface area contributed by atoms with E-state index in [0.717, 1.165) is 71.5 Å². The van der Waals surface area contributed by atoms with Gasteiger partial charge in [0.05, 0.1) is 34.3 Å². The SMILES string of the molecule is CC#CC(=O)N1CC[C@H](n2nc(-c3ccc(Oc4ccccc4)nc3)c3c(N)ncnc32)C1.CC(C)(C)OC(=O)N1CC[C@H](n2nc(-c3ccc(Oc4ccccc4)nc3)c3c(N)ncnc32)C1.Cl.Nc1ncnc2c1c(-c1ccc(Oc3ccccc3)nc1)nn2[C@H]1CCNC1. The van der Waals surface area contributed by atoms with Crippen molar-refractivity contribution in [3.8, 4) is 80.5 Å². The average Bonchev–Trinajstić information content (AvgIpc) is 1.63. The minimum atomic E-state index is -0.550. The quantitative estimate of drug-likeness (QED) is 0.0826. The Morgan fingerprint density at radius 1 is 0.495 bits per heavy atom. The Hall–Kier alpha value is -11.9. The number of rotatable bonds is 12.